The Hall–Kier alpha value is -2.63. The van der Waals surface area contributed by atoms with Gasteiger partial charge in [0.05, 0.1) is 15.3 Å². The van der Waals surface area contributed by atoms with Gasteiger partial charge in [0.1, 0.15) is 0 Å². The van der Waals surface area contributed by atoms with E-state index >= 15 is 0 Å². The lowest BCUT2D eigenvalue weighted by Crippen LogP contribution is -2.03. The zero-order valence-electron chi connectivity index (χ0n) is 15.4. The number of allylic oxidation sites excluding steroid dienone is 1. The second-order valence-corrected chi connectivity index (χ2v) is 10.3. The molecule has 0 amide bonds. The zero-order valence-corrected chi connectivity index (χ0v) is 17.8. The third kappa shape index (κ3) is 2.31. The molecule has 0 atom stereocenters. The highest BCUT2D eigenvalue weighted by Gasteiger charge is 2.33. The molecule has 0 radical (unpaired) electrons. The van der Waals surface area contributed by atoms with E-state index in [2.05, 4.69) is 56.9 Å². The van der Waals surface area contributed by atoms with Crippen molar-refractivity contribution in [2.24, 2.45) is 0 Å². The first-order valence-electron chi connectivity index (χ1n) is 9.54. The average Bonchev–Trinajstić information content (AvgIpc) is 3.18. The Morgan fingerprint density at radius 3 is 2.52 bits per heavy atom. The molecule has 142 valence electrons. The maximum Gasteiger partial charge on any atom is 0.207 e. The fraction of sp³-hybridized carbons (Fsp3) is 0.0833. The highest BCUT2D eigenvalue weighted by molar-refractivity contribution is 9.10. The van der Waals surface area contributed by atoms with E-state index in [1.807, 2.05) is 18.2 Å². The summed E-state index contributed by atoms with van der Waals surface area (Å²) in [6, 6.07) is 19.5. The maximum atomic E-state index is 13.0. The highest BCUT2D eigenvalue weighted by Crippen LogP contribution is 2.45. The largest absolute Gasteiger partial charge is 0.313 e. The number of rotatable bonds is 1. The molecular formula is C24H16BrNO2S. The number of sulfone groups is 1. The molecule has 4 aromatic rings. The Balaban J connectivity index is 1.67. The van der Waals surface area contributed by atoms with Crippen molar-refractivity contribution in [2.45, 2.75) is 22.6 Å². The molecule has 3 nitrogen and oxygen atoms in total. The first-order valence-corrected chi connectivity index (χ1v) is 11.8. The second kappa shape index (κ2) is 5.94. The van der Waals surface area contributed by atoms with E-state index in [4.69, 9.17) is 0 Å². The summed E-state index contributed by atoms with van der Waals surface area (Å²) in [5, 5.41) is 1.23. The Kier molecular flexibility index (Phi) is 3.53. The lowest BCUT2D eigenvalue weighted by Gasteiger charge is -2.14. The molecule has 1 aliphatic carbocycles. The molecule has 1 aromatic heterocycles. The van der Waals surface area contributed by atoms with Crippen LogP contribution in [0.3, 0.4) is 0 Å². The molecule has 29 heavy (non-hydrogen) atoms. The van der Waals surface area contributed by atoms with Crippen molar-refractivity contribution in [1.29, 1.82) is 0 Å². The van der Waals surface area contributed by atoms with Crippen LogP contribution in [-0.2, 0) is 16.3 Å². The minimum absolute atomic E-state index is 0.384. The molecule has 3 aromatic carbocycles. The van der Waals surface area contributed by atoms with Crippen LogP contribution in [0.15, 0.2) is 81.0 Å². The fourth-order valence-electron chi connectivity index (χ4n) is 4.63. The summed E-state index contributed by atoms with van der Waals surface area (Å²) < 4.78 is 29.2. The van der Waals surface area contributed by atoms with E-state index in [1.54, 1.807) is 18.2 Å². The van der Waals surface area contributed by atoms with E-state index in [1.165, 1.54) is 16.6 Å². The van der Waals surface area contributed by atoms with Crippen molar-refractivity contribution >= 4 is 42.7 Å². The van der Waals surface area contributed by atoms with Crippen LogP contribution in [0.25, 0.3) is 33.8 Å². The Bertz CT molecular complexity index is 1480. The molecule has 0 unspecified atom stereocenters. The molecule has 0 saturated carbocycles. The van der Waals surface area contributed by atoms with Gasteiger partial charge in [0.15, 0.2) is 0 Å². The van der Waals surface area contributed by atoms with Crippen LogP contribution < -0.4 is 0 Å². The van der Waals surface area contributed by atoms with Crippen LogP contribution >= 0.6 is 15.9 Å². The first kappa shape index (κ1) is 17.2. The number of halogens is 1. The Morgan fingerprint density at radius 2 is 1.66 bits per heavy atom. The topological polar surface area (TPSA) is 39.1 Å². The number of benzene rings is 3. The van der Waals surface area contributed by atoms with E-state index < -0.39 is 9.84 Å². The molecule has 2 aliphatic rings. The minimum Gasteiger partial charge on any atom is -0.313 e. The lowest BCUT2D eigenvalue weighted by molar-refractivity contribution is 0.598. The predicted molar refractivity (Wildman–Crippen MR) is 119 cm³/mol. The summed E-state index contributed by atoms with van der Waals surface area (Å²) in [5.74, 6) is 0. The number of para-hydroxylation sites is 1. The van der Waals surface area contributed by atoms with E-state index in [9.17, 15) is 8.42 Å². The summed E-state index contributed by atoms with van der Waals surface area (Å²) in [6.07, 6.45) is 6.42. The Morgan fingerprint density at radius 1 is 0.897 bits per heavy atom. The molecule has 2 heterocycles. The van der Waals surface area contributed by atoms with Gasteiger partial charge in [0, 0.05) is 37.9 Å². The van der Waals surface area contributed by atoms with Gasteiger partial charge >= 0.3 is 0 Å². The molecule has 0 spiro atoms. The number of aromatic nitrogens is 1. The van der Waals surface area contributed by atoms with Gasteiger partial charge in [-0.1, -0.05) is 46.3 Å². The van der Waals surface area contributed by atoms with Crippen LogP contribution in [0.1, 0.15) is 17.7 Å². The summed E-state index contributed by atoms with van der Waals surface area (Å²) in [4.78, 5) is 0.773. The van der Waals surface area contributed by atoms with E-state index in [-0.39, 0.29) is 0 Å². The van der Waals surface area contributed by atoms with Gasteiger partial charge in [0.25, 0.3) is 0 Å². The van der Waals surface area contributed by atoms with E-state index in [0.29, 0.717) is 9.79 Å². The van der Waals surface area contributed by atoms with Crippen molar-refractivity contribution in [3.05, 3.63) is 82.5 Å². The number of nitrogens with zero attached hydrogens (tertiary/aromatic N) is 1. The third-order valence-electron chi connectivity index (χ3n) is 5.88. The van der Waals surface area contributed by atoms with Gasteiger partial charge < -0.3 is 4.57 Å². The van der Waals surface area contributed by atoms with Crippen LogP contribution in [-0.4, -0.2) is 13.0 Å². The average molecular weight is 462 g/mol. The number of fused-ring (bicyclic) bond motifs is 6. The van der Waals surface area contributed by atoms with E-state index in [0.717, 1.165) is 39.6 Å². The molecule has 1 aliphatic heterocycles. The second-order valence-electron chi connectivity index (χ2n) is 7.48. The first-order chi connectivity index (χ1) is 14.1. The van der Waals surface area contributed by atoms with Crippen molar-refractivity contribution < 1.29 is 8.42 Å². The normalized spacial score (nSPS) is 15.9. The van der Waals surface area contributed by atoms with Crippen molar-refractivity contribution in [3.63, 3.8) is 0 Å². The summed E-state index contributed by atoms with van der Waals surface area (Å²) >= 11 is 3.49. The SMILES string of the molecule is O=S1(=O)c2ccc(Br)cc2-c2cc(-n3c4c(c5ccccc53)C=CCC4)ccc21. The number of hydrogen-bond donors (Lipinski definition) is 0. The molecule has 0 fully saturated rings. The van der Waals surface area contributed by atoms with Crippen LogP contribution in [0, 0.1) is 0 Å². The maximum absolute atomic E-state index is 13.0. The fourth-order valence-corrected chi connectivity index (χ4v) is 6.64. The minimum atomic E-state index is -3.47. The molecule has 5 heteroatoms. The Labute approximate surface area is 177 Å². The molecular weight excluding hydrogens is 446 g/mol. The van der Waals surface area contributed by atoms with Gasteiger partial charge in [-0.05, 0) is 55.3 Å². The molecule has 6 rings (SSSR count). The van der Waals surface area contributed by atoms with Crippen molar-refractivity contribution in [1.82, 2.24) is 4.57 Å². The van der Waals surface area contributed by atoms with Gasteiger partial charge in [-0.2, -0.15) is 0 Å². The third-order valence-corrected chi connectivity index (χ3v) is 8.24. The van der Waals surface area contributed by atoms with Crippen LogP contribution in [0.4, 0.5) is 0 Å². The summed E-state index contributed by atoms with van der Waals surface area (Å²) in [6.45, 7) is 0. The monoisotopic (exact) mass is 461 g/mol. The predicted octanol–water partition coefficient (Wildman–Crippen LogP) is 6.17. The summed E-state index contributed by atoms with van der Waals surface area (Å²) in [5.41, 5.74) is 6.24. The lowest BCUT2D eigenvalue weighted by atomic mass is 10.0. The quantitative estimate of drug-likeness (QED) is 0.299. The van der Waals surface area contributed by atoms with Gasteiger partial charge in [-0.25, -0.2) is 8.42 Å². The van der Waals surface area contributed by atoms with Crippen LogP contribution in [0.2, 0.25) is 0 Å². The smallest absolute Gasteiger partial charge is 0.207 e. The van der Waals surface area contributed by atoms with Gasteiger partial charge in [-0.3, -0.25) is 0 Å². The molecule has 0 saturated heterocycles. The highest BCUT2D eigenvalue weighted by atomic mass is 79.9. The van der Waals surface area contributed by atoms with Crippen molar-refractivity contribution in [3.8, 4) is 16.8 Å². The van der Waals surface area contributed by atoms with Gasteiger partial charge in [-0.15, -0.1) is 0 Å². The van der Waals surface area contributed by atoms with Gasteiger partial charge in [0.2, 0.25) is 9.84 Å². The van der Waals surface area contributed by atoms with Crippen LogP contribution in [0.5, 0.6) is 0 Å². The standard InChI is InChI=1S/C24H16BrNO2S/c25-15-9-11-23-19(13-15)20-14-16(10-12-24(20)29(23,27)28)26-21-7-3-1-5-17(21)18-6-2-4-8-22(18)26/h1-3,5-7,9-14H,4,8H2. The zero-order chi connectivity index (χ0) is 19.8. The molecule has 0 N–H and O–H groups in total. The van der Waals surface area contributed by atoms with Crippen molar-refractivity contribution in [2.75, 3.05) is 0 Å². The summed E-state index contributed by atoms with van der Waals surface area (Å²) in [7, 11) is -3.47. The molecule has 0 bridgehead atoms. The number of hydrogen-bond acceptors (Lipinski definition) is 2.